The van der Waals surface area contributed by atoms with E-state index in [0.29, 0.717) is 17.7 Å². The molecule has 0 bridgehead atoms. The van der Waals surface area contributed by atoms with Gasteiger partial charge in [0.1, 0.15) is 0 Å². The molecule has 1 aliphatic rings. The molecule has 0 aliphatic heterocycles. The van der Waals surface area contributed by atoms with Crippen LogP contribution in [0.2, 0.25) is 0 Å². The van der Waals surface area contributed by atoms with E-state index in [1.54, 1.807) is 4.57 Å². The van der Waals surface area contributed by atoms with E-state index in [1.807, 2.05) is 6.92 Å². The van der Waals surface area contributed by atoms with Gasteiger partial charge < -0.3 is 5.32 Å². The van der Waals surface area contributed by atoms with Crippen molar-refractivity contribution < 1.29 is 4.79 Å². The molecule has 1 atom stereocenters. The van der Waals surface area contributed by atoms with E-state index in [2.05, 4.69) is 22.4 Å². The van der Waals surface area contributed by atoms with Crippen LogP contribution in [0, 0.1) is 0 Å². The summed E-state index contributed by atoms with van der Waals surface area (Å²) in [6, 6.07) is 0.358. The lowest BCUT2D eigenvalue weighted by Crippen LogP contribution is -2.32. The zero-order valence-corrected chi connectivity index (χ0v) is 12.1. The number of nitrogens with one attached hydrogen (secondary N) is 2. The van der Waals surface area contributed by atoms with Gasteiger partial charge >= 0.3 is 5.69 Å². The zero-order chi connectivity index (χ0) is 13.8. The van der Waals surface area contributed by atoms with Gasteiger partial charge in [-0.1, -0.05) is 25.1 Å². The van der Waals surface area contributed by atoms with Crippen molar-refractivity contribution in [3.8, 4) is 0 Å². The Labute approximate surface area is 116 Å². The summed E-state index contributed by atoms with van der Waals surface area (Å²) in [4.78, 5) is 23.5. The van der Waals surface area contributed by atoms with E-state index in [-0.39, 0.29) is 16.8 Å². The first kappa shape index (κ1) is 14.2. The van der Waals surface area contributed by atoms with Crippen LogP contribution in [0.1, 0.15) is 39.5 Å². The van der Waals surface area contributed by atoms with Crippen molar-refractivity contribution >= 4 is 17.7 Å². The van der Waals surface area contributed by atoms with E-state index < -0.39 is 0 Å². The molecule has 0 spiro atoms. The van der Waals surface area contributed by atoms with Gasteiger partial charge in [0.2, 0.25) is 5.91 Å². The Bertz CT molecular complexity index is 492. The lowest BCUT2D eigenvalue weighted by atomic mass is 10.3. The van der Waals surface area contributed by atoms with Gasteiger partial charge in [0.05, 0.1) is 5.25 Å². The number of aromatic nitrogens is 3. The van der Waals surface area contributed by atoms with Crippen LogP contribution in [-0.2, 0) is 11.3 Å². The average molecular weight is 284 g/mol. The van der Waals surface area contributed by atoms with Gasteiger partial charge in [-0.25, -0.2) is 9.89 Å². The maximum atomic E-state index is 11.9. The number of H-pyrrole nitrogens is 1. The minimum Gasteiger partial charge on any atom is -0.352 e. The molecule has 1 heterocycles. The van der Waals surface area contributed by atoms with Gasteiger partial charge in [0.25, 0.3) is 0 Å². The molecule has 0 radical (unpaired) electrons. The molecule has 0 aromatic carbocycles. The monoisotopic (exact) mass is 284 g/mol. The number of unbranched alkanes of at least 4 members (excludes halogenated alkanes) is 1. The number of carbonyl (C=O) groups is 1. The lowest BCUT2D eigenvalue weighted by Gasteiger charge is -2.11. The first-order chi connectivity index (χ1) is 9.11. The Morgan fingerprint density at radius 3 is 3.00 bits per heavy atom. The highest BCUT2D eigenvalue weighted by Gasteiger charge is 2.26. The molecule has 1 saturated carbocycles. The van der Waals surface area contributed by atoms with Crippen molar-refractivity contribution in [2.45, 2.75) is 62.5 Å². The summed E-state index contributed by atoms with van der Waals surface area (Å²) in [5, 5.41) is 9.76. The topological polar surface area (TPSA) is 79.8 Å². The van der Waals surface area contributed by atoms with Gasteiger partial charge in [-0.3, -0.25) is 9.36 Å². The van der Waals surface area contributed by atoms with Gasteiger partial charge in [0.15, 0.2) is 5.16 Å². The predicted octanol–water partition coefficient (Wildman–Crippen LogP) is 1.13. The fraction of sp³-hybridized carbons (Fsp3) is 0.750. The molecule has 19 heavy (non-hydrogen) atoms. The Hall–Kier alpha value is -1.24. The van der Waals surface area contributed by atoms with Crippen molar-refractivity contribution in [3.63, 3.8) is 0 Å². The van der Waals surface area contributed by atoms with Gasteiger partial charge in [-0.15, -0.1) is 5.10 Å². The molecule has 7 heteroatoms. The highest BCUT2D eigenvalue weighted by molar-refractivity contribution is 8.00. The smallest absolute Gasteiger partial charge is 0.343 e. The van der Waals surface area contributed by atoms with E-state index in [4.69, 9.17) is 0 Å². The van der Waals surface area contributed by atoms with Crippen LogP contribution in [0.15, 0.2) is 9.95 Å². The van der Waals surface area contributed by atoms with Gasteiger partial charge in [0, 0.05) is 12.6 Å². The molecule has 0 unspecified atom stereocenters. The Kier molecular flexibility index (Phi) is 4.68. The van der Waals surface area contributed by atoms with Crippen LogP contribution >= 0.6 is 11.8 Å². The van der Waals surface area contributed by atoms with Gasteiger partial charge in [-0.05, 0) is 26.2 Å². The summed E-state index contributed by atoms with van der Waals surface area (Å²) >= 11 is 1.33. The van der Waals surface area contributed by atoms with Crippen molar-refractivity contribution in [1.29, 1.82) is 0 Å². The molecule has 0 saturated heterocycles. The first-order valence-corrected chi connectivity index (χ1v) is 7.62. The summed E-state index contributed by atoms with van der Waals surface area (Å²) in [6.45, 7) is 4.56. The number of hydrogen-bond donors (Lipinski definition) is 2. The number of rotatable bonds is 7. The Morgan fingerprint density at radius 2 is 2.37 bits per heavy atom. The first-order valence-electron chi connectivity index (χ1n) is 6.74. The fourth-order valence-electron chi connectivity index (χ4n) is 1.66. The lowest BCUT2D eigenvalue weighted by molar-refractivity contribution is -0.120. The van der Waals surface area contributed by atoms with Crippen LogP contribution in [0.25, 0.3) is 0 Å². The molecule has 1 aromatic rings. The van der Waals surface area contributed by atoms with Crippen molar-refractivity contribution in [1.82, 2.24) is 20.1 Å². The van der Waals surface area contributed by atoms with Crippen molar-refractivity contribution in [2.75, 3.05) is 0 Å². The van der Waals surface area contributed by atoms with E-state index in [0.717, 1.165) is 25.7 Å². The van der Waals surface area contributed by atoms with E-state index in [9.17, 15) is 9.59 Å². The zero-order valence-electron chi connectivity index (χ0n) is 11.3. The van der Waals surface area contributed by atoms with Crippen molar-refractivity contribution in [2.24, 2.45) is 0 Å². The third-order valence-corrected chi connectivity index (χ3v) is 4.12. The molecule has 1 amide bonds. The summed E-state index contributed by atoms with van der Waals surface area (Å²) in [6.07, 6.45) is 4.09. The molecular formula is C12H20N4O2S. The molecule has 2 N–H and O–H groups in total. The molecule has 1 aromatic heterocycles. The van der Waals surface area contributed by atoms with Gasteiger partial charge in [-0.2, -0.15) is 0 Å². The number of nitrogens with zero attached hydrogens (tertiary/aromatic N) is 2. The number of amides is 1. The van der Waals surface area contributed by atoms with Crippen LogP contribution < -0.4 is 11.0 Å². The highest BCUT2D eigenvalue weighted by atomic mass is 32.2. The molecule has 6 nitrogen and oxygen atoms in total. The molecule has 1 aliphatic carbocycles. The summed E-state index contributed by atoms with van der Waals surface area (Å²) < 4.78 is 1.61. The second kappa shape index (κ2) is 6.27. The molecule has 106 valence electrons. The number of aromatic amines is 1. The standard InChI is InChI=1S/C12H20N4O2S/c1-3-4-7-16-11(18)14-15-12(16)19-8(2)10(17)13-9-5-6-9/h8-9H,3-7H2,1-2H3,(H,13,17)(H,14,18)/t8-/m0/s1. The third-order valence-electron chi connectivity index (χ3n) is 3.03. The minimum atomic E-state index is -0.240. The third kappa shape index (κ3) is 3.86. The average Bonchev–Trinajstić information content (AvgIpc) is 3.13. The Morgan fingerprint density at radius 1 is 1.63 bits per heavy atom. The second-order valence-corrected chi connectivity index (χ2v) is 6.17. The quantitative estimate of drug-likeness (QED) is 0.736. The number of thioether (sulfide) groups is 1. The predicted molar refractivity (Wildman–Crippen MR) is 74.2 cm³/mol. The van der Waals surface area contributed by atoms with E-state index >= 15 is 0 Å². The summed E-state index contributed by atoms with van der Waals surface area (Å²) in [7, 11) is 0. The van der Waals surface area contributed by atoms with Crippen LogP contribution in [-0.4, -0.2) is 32.0 Å². The minimum absolute atomic E-state index is 0.0185. The molecule has 1 fully saturated rings. The van der Waals surface area contributed by atoms with Crippen LogP contribution in [0.4, 0.5) is 0 Å². The Balaban J connectivity index is 1.97. The number of carbonyl (C=O) groups excluding carboxylic acids is 1. The van der Waals surface area contributed by atoms with Crippen LogP contribution in [0.3, 0.4) is 0 Å². The molecule has 2 rings (SSSR count). The van der Waals surface area contributed by atoms with Crippen molar-refractivity contribution in [3.05, 3.63) is 10.5 Å². The number of hydrogen-bond acceptors (Lipinski definition) is 4. The second-order valence-electron chi connectivity index (χ2n) is 4.86. The summed E-state index contributed by atoms with van der Waals surface area (Å²) in [5.41, 5.74) is -0.203. The maximum Gasteiger partial charge on any atom is 0.343 e. The fourth-order valence-corrected chi connectivity index (χ4v) is 2.56. The molecular weight excluding hydrogens is 264 g/mol. The maximum absolute atomic E-state index is 11.9. The highest BCUT2D eigenvalue weighted by Crippen LogP contribution is 2.23. The van der Waals surface area contributed by atoms with E-state index in [1.165, 1.54) is 11.8 Å². The normalized spacial score (nSPS) is 16.3. The van der Waals surface area contributed by atoms with Crippen LogP contribution in [0.5, 0.6) is 0 Å². The SMILES string of the molecule is CCCCn1c(S[C@@H](C)C(=O)NC2CC2)n[nH]c1=O. The summed E-state index contributed by atoms with van der Waals surface area (Å²) in [5.74, 6) is 0.0185. The largest absolute Gasteiger partial charge is 0.352 e.